The van der Waals surface area contributed by atoms with Gasteiger partial charge in [0.25, 0.3) is 0 Å². The van der Waals surface area contributed by atoms with Crippen LogP contribution in [0.3, 0.4) is 0 Å². The van der Waals surface area contributed by atoms with Crippen LogP contribution in [0.2, 0.25) is 0 Å². The second-order valence-corrected chi connectivity index (χ2v) is 19.4. The van der Waals surface area contributed by atoms with Crippen LogP contribution in [-0.4, -0.2) is 9.55 Å². The first kappa shape index (κ1) is 45.4. The van der Waals surface area contributed by atoms with Crippen LogP contribution < -0.4 is 19.3 Å². The first-order chi connectivity index (χ1) is 33.0. The van der Waals surface area contributed by atoms with Gasteiger partial charge in [0.15, 0.2) is 0 Å². The molecule has 10 aromatic rings. The number of ether oxygens (including phenoxy) is 2. The minimum Gasteiger partial charge on any atom is -0.509 e. The van der Waals surface area contributed by atoms with Crippen molar-refractivity contribution in [1.82, 2.24) is 9.55 Å². The molecule has 0 saturated heterocycles. The van der Waals surface area contributed by atoms with Crippen molar-refractivity contribution in [2.75, 3.05) is 9.80 Å². The summed E-state index contributed by atoms with van der Waals surface area (Å²) in [6, 6.07) is 72.5. The van der Waals surface area contributed by atoms with Crippen LogP contribution in [-0.2, 0) is 31.9 Å². The standard InChI is InChI=1S/C62H51N4O2.Pt/c1-61(2,3)52-29-19-30-53(62(4,5)6)60(52)68-47-36-37-63-58(40-47)66-54-31-14-13-26-50(54)51-35-34-46(39-57(51)66)67-45-25-17-24-44(38-45)64-41-65(56-33-16-15-32-55(56)64)59-48(42-20-9-7-10-21-42)27-18-28-49(59)43-22-11-8-12-23-43;/h7-37,40-41H,1-6H3;/q-3;. The summed E-state index contributed by atoms with van der Waals surface area (Å²) in [5.74, 6) is 3.46. The number of benzene rings is 8. The minimum atomic E-state index is -0.124. The van der Waals surface area contributed by atoms with E-state index in [0.717, 1.165) is 89.5 Å². The van der Waals surface area contributed by atoms with E-state index in [9.17, 15) is 0 Å². The number of pyridine rings is 1. The number of para-hydroxylation sites is 5. The van der Waals surface area contributed by atoms with Crippen LogP contribution >= 0.6 is 0 Å². The number of aromatic nitrogens is 2. The van der Waals surface area contributed by atoms with E-state index in [2.05, 4.69) is 232 Å². The normalized spacial score (nSPS) is 12.6. The van der Waals surface area contributed by atoms with Gasteiger partial charge in [-0.1, -0.05) is 174 Å². The van der Waals surface area contributed by atoms with Crippen LogP contribution in [0.1, 0.15) is 52.7 Å². The van der Waals surface area contributed by atoms with E-state index < -0.39 is 0 Å². The molecule has 3 heterocycles. The fraction of sp³-hybridized carbons (Fsp3) is 0.129. The average Bonchev–Trinajstić information content (AvgIpc) is 3.90. The number of rotatable bonds is 9. The third-order valence-corrected chi connectivity index (χ3v) is 12.7. The Morgan fingerprint density at radius 2 is 1.09 bits per heavy atom. The van der Waals surface area contributed by atoms with Crippen molar-refractivity contribution < 1.29 is 30.5 Å². The molecule has 0 radical (unpaired) electrons. The molecule has 1 aliphatic heterocycles. The molecular formula is C62H51N4O2Pt-3. The van der Waals surface area contributed by atoms with Gasteiger partial charge in [-0.2, -0.15) is 12.1 Å². The summed E-state index contributed by atoms with van der Waals surface area (Å²) in [6.07, 6.45) is 1.82. The van der Waals surface area contributed by atoms with Gasteiger partial charge in [0, 0.05) is 89.7 Å². The maximum Gasteiger partial charge on any atom is 0.139 e. The van der Waals surface area contributed by atoms with Crippen LogP contribution in [0.15, 0.2) is 194 Å². The van der Waals surface area contributed by atoms with E-state index >= 15 is 0 Å². The predicted molar refractivity (Wildman–Crippen MR) is 279 cm³/mol. The molecule has 1 aliphatic rings. The number of anilines is 4. The van der Waals surface area contributed by atoms with Crippen LogP contribution in [0.25, 0.3) is 49.9 Å². The number of hydrogen-bond donors (Lipinski definition) is 0. The van der Waals surface area contributed by atoms with Crippen molar-refractivity contribution in [3.63, 3.8) is 0 Å². The second kappa shape index (κ2) is 18.3. The molecule has 0 atom stereocenters. The molecule has 8 aromatic carbocycles. The van der Waals surface area contributed by atoms with Crippen molar-refractivity contribution in [2.24, 2.45) is 0 Å². The smallest absolute Gasteiger partial charge is 0.139 e. The van der Waals surface area contributed by atoms with Gasteiger partial charge in [-0.25, -0.2) is 4.98 Å². The molecule has 6 nitrogen and oxygen atoms in total. The molecule has 0 spiro atoms. The quantitative estimate of drug-likeness (QED) is 0.135. The maximum absolute atomic E-state index is 6.92. The molecule has 2 aromatic heterocycles. The largest absolute Gasteiger partial charge is 0.509 e. The van der Waals surface area contributed by atoms with Crippen LogP contribution in [0.5, 0.6) is 23.0 Å². The molecule has 0 saturated carbocycles. The zero-order chi connectivity index (χ0) is 46.6. The fourth-order valence-electron chi connectivity index (χ4n) is 9.44. The molecule has 0 amide bonds. The maximum atomic E-state index is 6.92. The van der Waals surface area contributed by atoms with Crippen molar-refractivity contribution in [1.29, 1.82) is 0 Å². The van der Waals surface area contributed by atoms with E-state index in [1.54, 1.807) is 0 Å². The summed E-state index contributed by atoms with van der Waals surface area (Å²) in [7, 11) is 0. The van der Waals surface area contributed by atoms with Gasteiger partial charge in [0.2, 0.25) is 0 Å². The monoisotopic (exact) mass is 1080 g/mol. The van der Waals surface area contributed by atoms with Crippen molar-refractivity contribution in [2.45, 2.75) is 52.4 Å². The van der Waals surface area contributed by atoms with E-state index in [4.69, 9.17) is 14.5 Å². The van der Waals surface area contributed by atoms with Gasteiger partial charge in [-0.05, 0) is 51.6 Å². The summed E-state index contributed by atoms with van der Waals surface area (Å²) in [5, 5.41) is 2.14. The van der Waals surface area contributed by atoms with Crippen LogP contribution in [0.4, 0.5) is 22.7 Å². The third kappa shape index (κ3) is 8.59. The SMILES string of the molecule is CC(C)(C)c1cccc(C(C)(C)C)c1Oc1ccnc(-n2c3[c-]c(Oc4[c-]c(N5[CH-]N(c6c(-c7ccccc7)cccc6-c6ccccc6)c6ccccc65)ccc4)ccc3c3ccccc32)c1.[Pt]. The summed E-state index contributed by atoms with van der Waals surface area (Å²) >= 11 is 0. The molecule has 0 unspecified atom stereocenters. The number of nitrogens with zero attached hydrogens (tertiary/aromatic N) is 4. The van der Waals surface area contributed by atoms with Gasteiger partial charge < -0.3 is 23.8 Å². The Labute approximate surface area is 419 Å². The molecule has 0 N–H and O–H groups in total. The molecule has 7 heteroatoms. The molecule has 344 valence electrons. The number of fused-ring (bicyclic) bond motifs is 4. The molecular weight excluding hydrogens is 1030 g/mol. The van der Waals surface area contributed by atoms with E-state index in [1.165, 1.54) is 0 Å². The van der Waals surface area contributed by atoms with Gasteiger partial charge in [0.1, 0.15) is 17.3 Å². The third-order valence-electron chi connectivity index (χ3n) is 12.7. The summed E-state index contributed by atoms with van der Waals surface area (Å²) in [6.45, 7) is 15.5. The van der Waals surface area contributed by atoms with Crippen molar-refractivity contribution in [3.05, 3.63) is 224 Å². The topological polar surface area (TPSA) is 42.8 Å². The first-order valence-corrected chi connectivity index (χ1v) is 23.2. The zero-order valence-corrected chi connectivity index (χ0v) is 41.7. The zero-order valence-electron chi connectivity index (χ0n) is 39.5. The van der Waals surface area contributed by atoms with Gasteiger partial charge >= 0.3 is 0 Å². The Morgan fingerprint density at radius 3 is 1.75 bits per heavy atom. The molecule has 11 rings (SSSR count). The minimum absolute atomic E-state index is 0. The first-order valence-electron chi connectivity index (χ1n) is 23.2. The second-order valence-electron chi connectivity index (χ2n) is 19.4. The summed E-state index contributed by atoms with van der Waals surface area (Å²) < 4.78 is 15.8. The summed E-state index contributed by atoms with van der Waals surface area (Å²) in [5.41, 5.74) is 12.5. The Hall–Kier alpha value is -7.40. The van der Waals surface area contributed by atoms with Crippen molar-refractivity contribution in [3.8, 4) is 51.1 Å². The Bertz CT molecular complexity index is 3390. The molecule has 0 fully saturated rings. The fourth-order valence-corrected chi connectivity index (χ4v) is 9.44. The predicted octanol–water partition coefficient (Wildman–Crippen LogP) is 16.7. The molecule has 0 aliphatic carbocycles. The van der Waals surface area contributed by atoms with Gasteiger partial charge in [-0.15, -0.1) is 48.1 Å². The number of hydrogen-bond acceptors (Lipinski definition) is 5. The van der Waals surface area contributed by atoms with Crippen molar-refractivity contribution >= 4 is 44.6 Å². The van der Waals surface area contributed by atoms with Gasteiger partial charge in [-0.3, -0.25) is 0 Å². The van der Waals surface area contributed by atoms with Crippen LogP contribution in [0, 0.1) is 18.8 Å². The Morgan fingerprint density at radius 1 is 0.507 bits per heavy atom. The molecule has 0 bridgehead atoms. The van der Waals surface area contributed by atoms with E-state index in [1.807, 2.05) is 36.5 Å². The van der Waals surface area contributed by atoms with Gasteiger partial charge in [0.05, 0.1) is 0 Å². The average molecular weight is 1080 g/mol. The summed E-state index contributed by atoms with van der Waals surface area (Å²) in [4.78, 5) is 9.43. The van der Waals surface area contributed by atoms with E-state index in [-0.39, 0.29) is 31.9 Å². The Balaban J connectivity index is 0.00000553. The van der Waals surface area contributed by atoms with E-state index in [0.29, 0.717) is 17.2 Å². The molecule has 69 heavy (non-hydrogen) atoms. The Kier molecular flexibility index (Phi) is 12.0.